The van der Waals surface area contributed by atoms with Gasteiger partial charge in [-0.3, -0.25) is 9.59 Å². The van der Waals surface area contributed by atoms with Gasteiger partial charge in [-0.25, -0.2) is 4.79 Å². The first-order valence-corrected chi connectivity index (χ1v) is 24.5. The van der Waals surface area contributed by atoms with Gasteiger partial charge >= 0.3 is 18.1 Å². The molecule has 10 heteroatoms. The highest BCUT2D eigenvalue weighted by atomic mass is 16.7. The Kier molecular flexibility index (Phi) is 38.9. The number of carbonyl (C=O) groups excluding carboxylic acids is 3. The SMILES string of the molecule is CC/C=C\CCCCOC(CCC(=O)OCC(COC(=O)CCCCCCC/C=C\C/C=C\CCCCC)COC(=O)OCCC1CCCCN1C)OCCCC/C=C\CC. The van der Waals surface area contributed by atoms with Crippen LogP contribution < -0.4 is 0 Å². The molecule has 0 amide bonds. The van der Waals surface area contributed by atoms with Crippen molar-refractivity contribution in [3.05, 3.63) is 48.6 Å². The van der Waals surface area contributed by atoms with Gasteiger partial charge in [0.2, 0.25) is 0 Å². The van der Waals surface area contributed by atoms with Crippen molar-refractivity contribution in [2.75, 3.05) is 53.2 Å². The number of esters is 2. The number of rotatable bonds is 40. The van der Waals surface area contributed by atoms with Crippen LogP contribution in [0.25, 0.3) is 0 Å². The molecular formula is C51H89NO9. The van der Waals surface area contributed by atoms with Crippen LogP contribution in [0.4, 0.5) is 4.79 Å². The minimum atomic E-state index is -0.772. The lowest BCUT2D eigenvalue weighted by molar-refractivity contribution is -0.161. The molecule has 61 heavy (non-hydrogen) atoms. The normalized spacial score (nSPS) is 15.5. The molecule has 1 aliphatic heterocycles. The zero-order valence-corrected chi connectivity index (χ0v) is 39.3. The first kappa shape index (κ1) is 56.1. The number of allylic oxidation sites excluding steroid dienone is 8. The molecule has 352 valence electrons. The summed E-state index contributed by atoms with van der Waals surface area (Å²) in [6, 6.07) is 0.393. The Hall–Kier alpha value is -2.95. The molecule has 2 atom stereocenters. The third kappa shape index (κ3) is 36.3. The third-order valence-electron chi connectivity index (χ3n) is 10.8. The maximum Gasteiger partial charge on any atom is 0.508 e. The van der Waals surface area contributed by atoms with Crippen molar-refractivity contribution in [2.24, 2.45) is 5.92 Å². The van der Waals surface area contributed by atoms with Crippen molar-refractivity contribution < 1.29 is 42.8 Å². The standard InChI is InChI=1S/C51H89NO9/c1-5-8-11-14-17-18-19-20-21-22-23-24-25-26-29-35-48(53)59-43-46(45-61-51(55)58-42-38-47-34-30-31-39-52(47)4)44-60-49(54)36-37-50(56-40-32-27-15-12-9-6-2)57-41-33-28-16-13-10-7-3/h9-10,12-13,17-18,20-21,46-47,50H,5-8,11,14-16,19,22-45H2,1-4H3/b12-9-,13-10-,18-17-,21-20-. The largest absolute Gasteiger partial charge is 0.508 e. The summed E-state index contributed by atoms with van der Waals surface area (Å²) in [6.07, 6.45) is 41.8. The molecule has 1 heterocycles. The van der Waals surface area contributed by atoms with Crippen LogP contribution in [0, 0.1) is 5.92 Å². The smallest absolute Gasteiger partial charge is 0.465 e. The van der Waals surface area contributed by atoms with E-state index in [1.165, 1.54) is 38.5 Å². The number of hydrogen-bond acceptors (Lipinski definition) is 10. The topological polar surface area (TPSA) is 110 Å². The average molecular weight is 860 g/mol. The maximum atomic E-state index is 13.0. The molecule has 0 aliphatic carbocycles. The van der Waals surface area contributed by atoms with Gasteiger partial charge in [-0.15, -0.1) is 0 Å². The van der Waals surface area contributed by atoms with Crippen LogP contribution >= 0.6 is 0 Å². The Morgan fingerprint density at radius 3 is 1.72 bits per heavy atom. The quantitative estimate of drug-likeness (QED) is 0.0194. The zero-order chi connectivity index (χ0) is 44.3. The summed E-state index contributed by atoms with van der Waals surface area (Å²) in [5, 5.41) is 0. The molecule has 0 spiro atoms. The van der Waals surface area contributed by atoms with Crippen LogP contribution in [0.2, 0.25) is 0 Å². The van der Waals surface area contributed by atoms with Gasteiger partial charge in [0.25, 0.3) is 0 Å². The molecule has 2 unspecified atom stereocenters. The van der Waals surface area contributed by atoms with Gasteiger partial charge in [-0.05, 0) is 123 Å². The second-order valence-corrected chi connectivity index (χ2v) is 16.5. The van der Waals surface area contributed by atoms with Gasteiger partial charge in [0.15, 0.2) is 6.29 Å². The summed E-state index contributed by atoms with van der Waals surface area (Å²) < 4.78 is 34.2. The summed E-state index contributed by atoms with van der Waals surface area (Å²) in [7, 11) is 2.11. The summed E-state index contributed by atoms with van der Waals surface area (Å²) >= 11 is 0. The lowest BCUT2D eigenvalue weighted by Crippen LogP contribution is -2.37. The molecule has 1 fully saturated rings. The van der Waals surface area contributed by atoms with E-state index in [2.05, 4.69) is 81.3 Å². The average Bonchev–Trinajstić information content (AvgIpc) is 3.26. The van der Waals surface area contributed by atoms with E-state index in [4.69, 9.17) is 28.4 Å². The van der Waals surface area contributed by atoms with E-state index in [0.717, 1.165) is 116 Å². The van der Waals surface area contributed by atoms with Crippen molar-refractivity contribution in [1.29, 1.82) is 0 Å². The van der Waals surface area contributed by atoms with E-state index >= 15 is 0 Å². The number of ether oxygens (including phenoxy) is 6. The molecular weight excluding hydrogens is 771 g/mol. The van der Waals surface area contributed by atoms with Gasteiger partial charge in [0.05, 0.1) is 18.9 Å². The maximum absolute atomic E-state index is 13.0. The second-order valence-electron chi connectivity index (χ2n) is 16.5. The van der Waals surface area contributed by atoms with Crippen LogP contribution in [0.1, 0.15) is 188 Å². The molecule has 0 bridgehead atoms. The predicted molar refractivity (Wildman–Crippen MR) is 248 cm³/mol. The minimum absolute atomic E-state index is 0.0255. The van der Waals surface area contributed by atoms with Crippen LogP contribution in [-0.2, 0) is 38.0 Å². The molecule has 0 aromatic rings. The van der Waals surface area contributed by atoms with Crippen molar-refractivity contribution in [3.63, 3.8) is 0 Å². The van der Waals surface area contributed by atoms with Crippen molar-refractivity contribution in [2.45, 2.75) is 200 Å². The minimum Gasteiger partial charge on any atom is -0.465 e. The third-order valence-corrected chi connectivity index (χ3v) is 10.8. The molecule has 0 N–H and O–H groups in total. The Bertz CT molecular complexity index is 1140. The number of piperidine rings is 1. The lowest BCUT2D eigenvalue weighted by Gasteiger charge is -2.32. The van der Waals surface area contributed by atoms with E-state index in [1.54, 1.807) is 0 Å². The first-order chi connectivity index (χ1) is 29.9. The summed E-state index contributed by atoms with van der Waals surface area (Å²) in [4.78, 5) is 40.5. The molecule has 10 nitrogen and oxygen atoms in total. The monoisotopic (exact) mass is 860 g/mol. The number of likely N-dealkylation sites (tertiary alicyclic amines) is 1. The number of unbranched alkanes of at least 4 members (excludes halogenated alkanes) is 12. The summed E-state index contributed by atoms with van der Waals surface area (Å²) in [5.41, 5.74) is 0. The fourth-order valence-corrected chi connectivity index (χ4v) is 6.98. The van der Waals surface area contributed by atoms with Crippen LogP contribution in [-0.4, -0.2) is 88.6 Å². The Morgan fingerprint density at radius 1 is 0.574 bits per heavy atom. The van der Waals surface area contributed by atoms with E-state index in [1.807, 2.05) is 0 Å². The van der Waals surface area contributed by atoms with Gasteiger partial charge < -0.3 is 33.3 Å². The molecule has 0 radical (unpaired) electrons. The summed E-state index contributed by atoms with van der Waals surface area (Å²) in [6.45, 7) is 8.76. The van der Waals surface area contributed by atoms with Gasteiger partial charge in [-0.2, -0.15) is 0 Å². The predicted octanol–water partition coefficient (Wildman–Crippen LogP) is 12.9. The number of nitrogens with zero attached hydrogens (tertiary/aromatic N) is 1. The van der Waals surface area contributed by atoms with Crippen LogP contribution in [0.5, 0.6) is 0 Å². The van der Waals surface area contributed by atoms with Crippen molar-refractivity contribution in [1.82, 2.24) is 4.90 Å². The van der Waals surface area contributed by atoms with Gasteiger partial charge in [-0.1, -0.05) is 108 Å². The fraction of sp³-hybridized carbons (Fsp3) is 0.784. The van der Waals surface area contributed by atoms with Crippen molar-refractivity contribution in [3.8, 4) is 0 Å². The van der Waals surface area contributed by atoms with Crippen molar-refractivity contribution >= 4 is 18.1 Å². The summed E-state index contributed by atoms with van der Waals surface area (Å²) in [5.74, 6) is -1.24. The lowest BCUT2D eigenvalue weighted by atomic mass is 10.0. The second kappa shape index (κ2) is 42.4. The number of carbonyl (C=O) groups is 3. The zero-order valence-electron chi connectivity index (χ0n) is 39.3. The van der Waals surface area contributed by atoms with E-state index in [9.17, 15) is 14.4 Å². The first-order valence-electron chi connectivity index (χ1n) is 24.5. The van der Waals surface area contributed by atoms with Gasteiger partial charge in [0.1, 0.15) is 19.8 Å². The molecule has 0 saturated carbocycles. The Labute approximate surface area is 372 Å². The van der Waals surface area contributed by atoms with E-state index in [-0.39, 0.29) is 38.8 Å². The highest BCUT2D eigenvalue weighted by molar-refractivity contribution is 5.69. The highest BCUT2D eigenvalue weighted by Crippen LogP contribution is 2.18. The van der Waals surface area contributed by atoms with Crippen LogP contribution in [0.15, 0.2) is 48.6 Å². The molecule has 1 aliphatic rings. The number of hydrogen-bond donors (Lipinski definition) is 0. The highest BCUT2D eigenvalue weighted by Gasteiger charge is 2.22. The molecule has 1 rings (SSSR count). The molecule has 0 aromatic carbocycles. The Balaban J connectivity index is 2.55. The van der Waals surface area contributed by atoms with E-state index < -0.39 is 24.3 Å². The van der Waals surface area contributed by atoms with E-state index in [0.29, 0.717) is 32.1 Å². The Morgan fingerprint density at radius 2 is 1.11 bits per heavy atom. The fourth-order valence-electron chi connectivity index (χ4n) is 6.98. The van der Waals surface area contributed by atoms with Crippen LogP contribution in [0.3, 0.4) is 0 Å². The molecule has 0 aromatic heterocycles. The molecule has 1 saturated heterocycles. The van der Waals surface area contributed by atoms with Gasteiger partial charge in [0, 0.05) is 32.1 Å².